The van der Waals surface area contributed by atoms with E-state index in [1.807, 2.05) is 11.8 Å². The van der Waals surface area contributed by atoms with Gasteiger partial charge in [0.05, 0.1) is 0 Å². The van der Waals surface area contributed by atoms with Crippen LogP contribution in [0.25, 0.3) is 0 Å². The Morgan fingerprint density at radius 2 is 2.00 bits per heavy atom. The predicted octanol–water partition coefficient (Wildman–Crippen LogP) is 3.04. The molecule has 0 bridgehead atoms. The maximum atomic E-state index is 6.17. The lowest BCUT2D eigenvalue weighted by molar-refractivity contribution is 0.319. The van der Waals surface area contributed by atoms with Crippen LogP contribution in [0.4, 0.5) is 0 Å². The van der Waals surface area contributed by atoms with Crippen LogP contribution in [0.5, 0.6) is 0 Å². The third kappa shape index (κ3) is 4.37. The normalized spacial score (nSPS) is 21.7. The summed E-state index contributed by atoms with van der Waals surface area (Å²) in [4.78, 5) is 0. The highest BCUT2D eigenvalue weighted by atomic mass is 32.2. The summed E-state index contributed by atoms with van der Waals surface area (Å²) in [6, 6.07) is 0.469. The summed E-state index contributed by atoms with van der Waals surface area (Å²) < 4.78 is 0. The van der Waals surface area contributed by atoms with E-state index < -0.39 is 0 Å². The third-order valence-electron chi connectivity index (χ3n) is 2.91. The van der Waals surface area contributed by atoms with Crippen molar-refractivity contribution in [1.82, 2.24) is 0 Å². The number of hydrogen-bond donors (Lipinski definition) is 1. The standard InChI is InChI=1S/C11H23NS/c1-2-8-13-9-11(12)10-6-4-3-5-7-10/h10-11H,2-9,12H2,1H3. The second-order valence-corrected chi connectivity index (χ2v) is 5.29. The van der Waals surface area contributed by atoms with E-state index in [-0.39, 0.29) is 0 Å². The fourth-order valence-electron chi connectivity index (χ4n) is 2.06. The fourth-order valence-corrected chi connectivity index (χ4v) is 3.06. The molecule has 1 saturated carbocycles. The summed E-state index contributed by atoms with van der Waals surface area (Å²) in [5.74, 6) is 3.29. The Morgan fingerprint density at radius 3 is 2.62 bits per heavy atom. The van der Waals surface area contributed by atoms with Gasteiger partial charge in [-0.15, -0.1) is 0 Å². The van der Waals surface area contributed by atoms with Crippen LogP contribution in [0, 0.1) is 5.92 Å². The molecular formula is C11H23NS. The molecule has 0 spiro atoms. The lowest BCUT2D eigenvalue weighted by Gasteiger charge is -2.27. The van der Waals surface area contributed by atoms with Crippen molar-refractivity contribution in [2.45, 2.75) is 51.5 Å². The molecule has 2 heteroatoms. The molecule has 0 radical (unpaired) electrons. The van der Waals surface area contributed by atoms with Crippen LogP contribution in [-0.4, -0.2) is 17.5 Å². The minimum atomic E-state index is 0.469. The van der Waals surface area contributed by atoms with E-state index in [4.69, 9.17) is 5.73 Å². The largest absolute Gasteiger partial charge is 0.327 e. The minimum Gasteiger partial charge on any atom is -0.327 e. The van der Waals surface area contributed by atoms with Crippen LogP contribution >= 0.6 is 11.8 Å². The highest BCUT2D eigenvalue weighted by Gasteiger charge is 2.19. The molecule has 1 fully saturated rings. The van der Waals surface area contributed by atoms with Crippen LogP contribution in [0.3, 0.4) is 0 Å². The molecule has 1 aliphatic rings. The van der Waals surface area contributed by atoms with E-state index in [9.17, 15) is 0 Å². The van der Waals surface area contributed by atoms with Crippen LogP contribution in [0.2, 0.25) is 0 Å². The molecule has 0 aliphatic heterocycles. The first-order chi connectivity index (χ1) is 6.34. The number of hydrogen-bond acceptors (Lipinski definition) is 2. The monoisotopic (exact) mass is 201 g/mol. The van der Waals surface area contributed by atoms with Gasteiger partial charge in [-0.3, -0.25) is 0 Å². The Labute approximate surface area is 86.8 Å². The number of nitrogens with two attached hydrogens (primary N) is 1. The summed E-state index contributed by atoms with van der Waals surface area (Å²) in [7, 11) is 0. The van der Waals surface area contributed by atoms with Gasteiger partial charge in [0.1, 0.15) is 0 Å². The Kier molecular flexibility index (Phi) is 5.88. The molecule has 1 rings (SSSR count). The molecule has 0 aromatic rings. The van der Waals surface area contributed by atoms with Crippen molar-refractivity contribution in [3.05, 3.63) is 0 Å². The maximum Gasteiger partial charge on any atom is 0.0158 e. The highest BCUT2D eigenvalue weighted by molar-refractivity contribution is 7.99. The second-order valence-electron chi connectivity index (χ2n) is 4.14. The van der Waals surface area contributed by atoms with Gasteiger partial charge in [0.15, 0.2) is 0 Å². The molecule has 0 aromatic heterocycles. The number of rotatable bonds is 5. The maximum absolute atomic E-state index is 6.17. The van der Waals surface area contributed by atoms with Crippen LogP contribution in [-0.2, 0) is 0 Å². The Hall–Kier alpha value is 0.310. The Bertz CT molecular complexity index is 121. The first-order valence-electron chi connectivity index (χ1n) is 5.68. The molecule has 78 valence electrons. The van der Waals surface area contributed by atoms with Crippen molar-refractivity contribution in [2.75, 3.05) is 11.5 Å². The lowest BCUT2D eigenvalue weighted by atomic mass is 9.85. The number of thioether (sulfide) groups is 1. The summed E-state index contributed by atoms with van der Waals surface area (Å²) in [5.41, 5.74) is 6.17. The van der Waals surface area contributed by atoms with Gasteiger partial charge >= 0.3 is 0 Å². The predicted molar refractivity (Wildman–Crippen MR) is 62.2 cm³/mol. The first-order valence-corrected chi connectivity index (χ1v) is 6.83. The third-order valence-corrected chi connectivity index (χ3v) is 4.23. The molecule has 2 N–H and O–H groups in total. The van der Waals surface area contributed by atoms with Gasteiger partial charge in [-0.1, -0.05) is 26.2 Å². The van der Waals surface area contributed by atoms with Crippen molar-refractivity contribution < 1.29 is 0 Å². The molecule has 1 nitrogen and oxygen atoms in total. The van der Waals surface area contributed by atoms with Crippen LogP contribution < -0.4 is 5.73 Å². The van der Waals surface area contributed by atoms with Gasteiger partial charge < -0.3 is 5.73 Å². The molecule has 0 aromatic carbocycles. The van der Waals surface area contributed by atoms with Crippen molar-refractivity contribution in [3.63, 3.8) is 0 Å². The van der Waals surface area contributed by atoms with Gasteiger partial charge in [-0.2, -0.15) is 11.8 Å². The van der Waals surface area contributed by atoms with E-state index in [1.165, 1.54) is 50.0 Å². The topological polar surface area (TPSA) is 26.0 Å². The molecule has 1 aliphatic carbocycles. The van der Waals surface area contributed by atoms with Gasteiger partial charge in [-0.05, 0) is 30.9 Å². The fraction of sp³-hybridized carbons (Fsp3) is 1.00. The van der Waals surface area contributed by atoms with Crippen molar-refractivity contribution >= 4 is 11.8 Å². The lowest BCUT2D eigenvalue weighted by Crippen LogP contribution is -2.33. The molecule has 0 amide bonds. The zero-order valence-electron chi connectivity index (χ0n) is 8.80. The SMILES string of the molecule is CCCSCC(N)C1CCCCC1. The molecule has 0 heterocycles. The highest BCUT2D eigenvalue weighted by Crippen LogP contribution is 2.26. The average molecular weight is 201 g/mol. The zero-order valence-corrected chi connectivity index (χ0v) is 9.61. The van der Waals surface area contributed by atoms with E-state index >= 15 is 0 Å². The van der Waals surface area contributed by atoms with E-state index in [0.29, 0.717) is 6.04 Å². The van der Waals surface area contributed by atoms with Gasteiger partial charge in [0.25, 0.3) is 0 Å². The zero-order chi connectivity index (χ0) is 9.52. The second kappa shape index (κ2) is 6.72. The van der Waals surface area contributed by atoms with Crippen LogP contribution in [0.15, 0.2) is 0 Å². The average Bonchev–Trinajstić information content (AvgIpc) is 2.19. The van der Waals surface area contributed by atoms with E-state index in [2.05, 4.69) is 6.92 Å². The molecule has 13 heavy (non-hydrogen) atoms. The smallest absolute Gasteiger partial charge is 0.0158 e. The molecular weight excluding hydrogens is 178 g/mol. The van der Waals surface area contributed by atoms with Gasteiger partial charge in [0, 0.05) is 11.8 Å². The first kappa shape index (κ1) is 11.4. The Morgan fingerprint density at radius 1 is 1.31 bits per heavy atom. The van der Waals surface area contributed by atoms with Crippen molar-refractivity contribution in [2.24, 2.45) is 11.7 Å². The summed E-state index contributed by atoms with van der Waals surface area (Å²) in [6.45, 7) is 2.24. The quantitative estimate of drug-likeness (QED) is 0.692. The van der Waals surface area contributed by atoms with Crippen molar-refractivity contribution in [1.29, 1.82) is 0 Å². The van der Waals surface area contributed by atoms with Gasteiger partial charge in [-0.25, -0.2) is 0 Å². The Balaban J connectivity index is 2.09. The van der Waals surface area contributed by atoms with Gasteiger partial charge in [0.2, 0.25) is 0 Å². The molecule has 1 atom stereocenters. The summed E-state index contributed by atoms with van der Waals surface area (Å²) in [6.07, 6.45) is 8.31. The minimum absolute atomic E-state index is 0.469. The summed E-state index contributed by atoms with van der Waals surface area (Å²) >= 11 is 2.03. The molecule has 1 unspecified atom stereocenters. The van der Waals surface area contributed by atoms with Crippen molar-refractivity contribution in [3.8, 4) is 0 Å². The van der Waals surface area contributed by atoms with E-state index in [1.54, 1.807) is 0 Å². The van der Waals surface area contributed by atoms with E-state index in [0.717, 1.165) is 5.92 Å². The summed E-state index contributed by atoms with van der Waals surface area (Å²) in [5, 5.41) is 0. The molecule has 0 saturated heterocycles. The van der Waals surface area contributed by atoms with Crippen LogP contribution in [0.1, 0.15) is 45.4 Å².